The zero-order chi connectivity index (χ0) is 12.9. The first kappa shape index (κ1) is 14.9. The Bertz CT molecular complexity index is 312. The van der Waals surface area contributed by atoms with Gasteiger partial charge in [0.15, 0.2) is 9.84 Å². The number of sulfone groups is 1. The molecule has 2 atom stereocenters. The van der Waals surface area contributed by atoms with Gasteiger partial charge in [0.1, 0.15) is 0 Å². The van der Waals surface area contributed by atoms with Gasteiger partial charge in [-0.1, -0.05) is 26.7 Å². The lowest BCUT2D eigenvalue weighted by Crippen LogP contribution is -2.44. The third-order valence-corrected chi connectivity index (χ3v) is 5.49. The number of aliphatic hydroxyl groups is 1. The van der Waals surface area contributed by atoms with Crippen LogP contribution >= 0.6 is 0 Å². The van der Waals surface area contributed by atoms with Gasteiger partial charge in [-0.15, -0.1) is 0 Å². The molecule has 5 heteroatoms. The standard InChI is InChI=1S/C12H25NO3S/c1-3-10(4-2)12(14)8-13-11-6-5-7-17(15,16)9-11/h10-14H,3-9H2,1-2H3. The molecule has 0 bridgehead atoms. The first-order valence-electron chi connectivity index (χ1n) is 6.60. The van der Waals surface area contributed by atoms with Gasteiger partial charge in [0.05, 0.1) is 17.6 Å². The Kier molecular flexibility index (Phi) is 5.89. The highest BCUT2D eigenvalue weighted by Crippen LogP contribution is 2.15. The van der Waals surface area contributed by atoms with Gasteiger partial charge >= 0.3 is 0 Å². The quantitative estimate of drug-likeness (QED) is 0.749. The first-order chi connectivity index (χ1) is 7.98. The van der Waals surface area contributed by atoms with E-state index in [1.165, 1.54) is 0 Å². The third-order valence-electron chi connectivity index (χ3n) is 3.67. The lowest BCUT2D eigenvalue weighted by atomic mass is 9.96. The second-order valence-electron chi connectivity index (χ2n) is 5.01. The average molecular weight is 263 g/mol. The highest BCUT2D eigenvalue weighted by molar-refractivity contribution is 7.91. The van der Waals surface area contributed by atoms with Crippen LogP contribution in [0, 0.1) is 5.92 Å². The molecule has 2 N–H and O–H groups in total. The van der Waals surface area contributed by atoms with E-state index in [-0.39, 0.29) is 17.9 Å². The summed E-state index contributed by atoms with van der Waals surface area (Å²) in [7, 11) is -2.86. The molecule has 0 radical (unpaired) electrons. The summed E-state index contributed by atoms with van der Waals surface area (Å²) in [5, 5.41) is 13.2. The Balaban J connectivity index is 2.35. The predicted molar refractivity (Wildman–Crippen MR) is 69.8 cm³/mol. The average Bonchev–Trinajstić information content (AvgIpc) is 2.27. The first-order valence-corrected chi connectivity index (χ1v) is 8.42. The van der Waals surface area contributed by atoms with Crippen LogP contribution in [0.1, 0.15) is 39.5 Å². The van der Waals surface area contributed by atoms with Gasteiger partial charge in [0, 0.05) is 12.6 Å². The molecule has 1 saturated heterocycles. The van der Waals surface area contributed by atoms with E-state index in [9.17, 15) is 13.5 Å². The van der Waals surface area contributed by atoms with E-state index in [2.05, 4.69) is 19.2 Å². The fourth-order valence-electron chi connectivity index (χ4n) is 2.47. The lowest BCUT2D eigenvalue weighted by Gasteiger charge is -2.26. The molecule has 1 rings (SSSR count). The summed E-state index contributed by atoms with van der Waals surface area (Å²) in [6.45, 7) is 4.65. The molecule has 2 unspecified atom stereocenters. The second kappa shape index (κ2) is 6.71. The van der Waals surface area contributed by atoms with E-state index >= 15 is 0 Å². The molecule has 1 heterocycles. The summed E-state index contributed by atoms with van der Waals surface area (Å²) < 4.78 is 22.9. The number of rotatable bonds is 6. The summed E-state index contributed by atoms with van der Waals surface area (Å²) in [5.41, 5.74) is 0. The summed E-state index contributed by atoms with van der Waals surface area (Å²) in [4.78, 5) is 0. The summed E-state index contributed by atoms with van der Waals surface area (Å²) in [6.07, 6.45) is 3.19. The van der Waals surface area contributed by atoms with E-state index in [0.717, 1.165) is 25.7 Å². The van der Waals surface area contributed by atoms with Crippen molar-refractivity contribution >= 4 is 9.84 Å². The Morgan fingerprint density at radius 2 is 2.00 bits per heavy atom. The number of nitrogens with one attached hydrogen (secondary N) is 1. The molecule has 0 aromatic heterocycles. The van der Waals surface area contributed by atoms with Crippen LogP contribution in [0.15, 0.2) is 0 Å². The van der Waals surface area contributed by atoms with Crippen molar-refractivity contribution in [3.05, 3.63) is 0 Å². The molecule has 0 aromatic carbocycles. The topological polar surface area (TPSA) is 66.4 Å². The highest BCUT2D eigenvalue weighted by Gasteiger charge is 2.25. The van der Waals surface area contributed by atoms with Crippen LogP contribution in [0.2, 0.25) is 0 Å². The third kappa shape index (κ3) is 4.94. The normalized spacial score (nSPS) is 26.0. The molecular formula is C12H25NO3S. The molecule has 1 aliphatic rings. The van der Waals surface area contributed by atoms with Crippen molar-refractivity contribution in [2.75, 3.05) is 18.1 Å². The second-order valence-corrected chi connectivity index (χ2v) is 7.23. The van der Waals surface area contributed by atoms with E-state index in [4.69, 9.17) is 0 Å². The highest BCUT2D eigenvalue weighted by atomic mass is 32.2. The Labute approximate surface area is 105 Å². The van der Waals surface area contributed by atoms with Crippen LogP contribution in [0.5, 0.6) is 0 Å². The Morgan fingerprint density at radius 3 is 2.53 bits per heavy atom. The summed E-state index contributed by atoms with van der Waals surface area (Å²) in [5.74, 6) is 0.853. The van der Waals surface area contributed by atoms with Crippen molar-refractivity contribution in [1.82, 2.24) is 5.32 Å². The number of hydrogen-bond donors (Lipinski definition) is 2. The zero-order valence-electron chi connectivity index (χ0n) is 10.9. The van der Waals surface area contributed by atoms with Crippen LogP contribution in [-0.4, -0.2) is 43.7 Å². The molecule has 17 heavy (non-hydrogen) atoms. The van der Waals surface area contributed by atoms with Crippen molar-refractivity contribution in [2.24, 2.45) is 5.92 Å². The van der Waals surface area contributed by atoms with Gasteiger partial charge in [-0.3, -0.25) is 0 Å². The van der Waals surface area contributed by atoms with Crippen molar-refractivity contribution < 1.29 is 13.5 Å². The fraction of sp³-hybridized carbons (Fsp3) is 1.00. The van der Waals surface area contributed by atoms with Crippen LogP contribution in [0.3, 0.4) is 0 Å². The summed E-state index contributed by atoms with van der Waals surface area (Å²) in [6, 6.07) is 0.0257. The maximum absolute atomic E-state index is 11.4. The molecule has 0 amide bonds. The van der Waals surface area contributed by atoms with Gasteiger partial charge < -0.3 is 10.4 Å². The minimum absolute atomic E-state index is 0.0257. The van der Waals surface area contributed by atoms with Crippen molar-refractivity contribution in [3.63, 3.8) is 0 Å². The SMILES string of the molecule is CCC(CC)C(O)CNC1CCCS(=O)(=O)C1. The zero-order valence-corrected chi connectivity index (χ0v) is 11.7. The van der Waals surface area contributed by atoms with Crippen LogP contribution in [0.4, 0.5) is 0 Å². The Hall–Kier alpha value is -0.130. The van der Waals surface area contributed by atoms with Gasteiger partial charge in [0.2, 0.25) is 0 Å². The molecule has 1 fully saturated rings. The minimum atomic E-state index is -2.86. The van der Waals surface area contributed by atoms with Crippen LogP contribution < -0.4 is 5.32 Å². The van der Waals surface area contributed by atoms with E-state index in [1.54, 1.807) is 0 Å². The fourth-order valence-corrected chi connectivity index (χ4v) is 4.14. The van der Waals surface area contributed by atoms with Crippen molar-refractivity contribution in [3.8, 4) is 0 Å². The van der Waals surface area contributed by atoms with E-state index < -0.39 is 9.84 Å². The largest absolute Gasteiger partial charge is 0.392 e. The van der Waals surface area contributed by atoms with Gasteiger partial charge in [0.25, 0.3) is 0 Å². The minimum Gasteiger partial charge on any atom is -0.392 e. The number of aliphatic hydroxyl groups excluding tert-OH is 1. The van der Waals surface area contributed by atoms with Crippen molar-refractivity contribution in [1.29, 1.82) is 0 Å². The van der Waals surface area contributed by atoms with Gasteiger partial charge in [-0.25, -0.2) is 8.42 Å². The molecule has 4 nitrogen and oxygen atoms in total. The lowest BCUT2D eigenvalue weighted by molar-refractivity contribution is 0.0985. The van der Waals surface area contributed by atoms with Gasteiger partial charge in [-0.2, -0.15) is 0 Å². The van der Waals surface area contributed by atoms with Crippen LogP contribution in [-0.2, 0) is 9.84 Å². The molecule has 1 aliphatic heterocycles. The molecule has 0 aliphatic carbocycles. The Morgan fingerprint density at radius 1 is 1.35 bits per heavy atom. The van der Waals surface area contributed by atoms with E-state index in [0.29, 0.717) is 18.2 Å². The monoisotopic (exact) mass is 263 g/mol. The maximum atomic E-state index is 11.4. The predicted octanol–water partition coefficient (Wildman–Crippen LogP) is 0.950. The number of hydrogen-bond acceptors (Lipinski definition) is 4. The summed E-state index contributed by atoms with van der Waals surface area (Å²) >= 11 is 0. The molecule has 0 aromatic rings. The van der Waals surface area contributed by atoms with E-state index in [1.807, 2.05) is 0 Å². The van der Waals surface area contributed by atoms with Gasteiger partial charge in [-0.05, 0) is 18.8 Å². The molecule has 102 valence electrons. The van der Waals surface area contributed by atoms with Crippen LogP contribution in [0.25, 0.3) is 0 Å². The van der Waals surface area contributed by atoms with Crippen molar-refractivity contribution in [2.45, 2.75) is 51.7 Å². The molecular weight excluding hydrogens is 238 g/mol. The molecule has 0 spiro atoms. The molecule has 0 saturated carbocycles. The smallest absolute Gasteiger partial charge is 0.151 e. The maximum Gasteiger partial charge on any atom is 0.151 e.